The highest BCUT2D eigenvalue weighted by molar-refractivity contribution is 7.89. The summed E-state index contributed by atoms with van der Waals surface area (Å²) in [6.07, 6.45) is 1.93. The van der Waals surface area contributed by atoms with Gasteiger partial charge in [-0.2, -0.15) is 0 Å². The van der Waals surface area contributed by atoms with Gasteiger partial charge in [0.15, 0.2) is 0 Å². The first-order chi connectivity index (χ1) is 10.0. The second-order valence-corrected chi connectivity index (χ2v) is 7.29. The lowest BCUT2D eigenvalue weighted by Crippen LogP contribution is -2.46. The standard InChI is InChI=1S/C15H25N3O2S/c1-3-16-11-13-7-4-5-9-15(13)21(19,20)17-14-8-6-10-18(2)12-14/h4-5,7,9,14,16-17H,3,6,8,10-12H2,1-2H3. The molecule has 21 heavy (non-hydrogen) atoms. The van der Waals surface area contributed by atoms with Gasteiger partial charge >= 0.3 is 0 Å². The first kappa shape index (κ1) is 16.4. The molecule has 2 rings (SSSR count). The second kappa shape index (κ2) is 7.35. The van der Waals surface area contributed by atoms with Crippen molar-refractivity contribution in [3.63, 3.8) is 0 Å². The van der Waals surface area contributed by atoms with Crippen LogP contribution in [0.25, 0.3) is 0 Å². The fourth-order valence-electron chi connectivity index (χ4n) is 2.72. The Kier molecular flexibility index (Phi) is 5.75. The van der Waals surface area contributed by atoms with Crippen molar-refractivity contribution in [3.8, 4) is 0 Å². The number of nitrogens with one attached hydrogen (secondary N) is 2. The summed E-state index contributed by atoms with van der Waals surface area (Å²) >= 11 is 0. The molecule has 1 aliphatic heterocycles. The van der Waals surface area contributed by atoms with Gasteiger partial charge in [-0.25, -0.2) is 13.1 Å². The lowest BCUT2D eigenvalue weighted by atomic mass is 10.1. The number of benzene rings is 1. The molecule has 1 unspecified atom stereocenters. The Morgan fingerprint density at radius 2 is 2.10 bits per heavy atom. The van der Waals surface area contributed by atoms with Crippen LogP contribution in [0.2, 0.25) is 0 Å². The second-order valence-electron chi connectivity index (χ2n) is 5.61. The van der Waals surface area contributed by atoms with Crippen LogP contribution < -0.4 is 10.0 Å². The minimum absolute atomic E-state index is 0.000871. The molecule has 0 aromatic heterocycles. The smallest absolute Gasteiger partial charge is 0.241 e. The summed E-state index contributed by atoms with van der Waals surface area (Å²) in [4.78, 5) is 2.56. The van der Waals surface area contributed by atoms with Crippen molar-refractivity contribution in [2.45, 2.75) is 37.2 Å². The molecule has 118 valence electrons. The molecular weight excluding hydrogens is 286 g/mol. The number of nitrogens with zero attached hydrogens (tertiary/aromatic N) is 1. The summed E-state index contributed by atoms with van der Waals surface area (Å²) in [5.41, 5.74) is 0.816. The number of sulfonamides is 1. The van der Waals surface area contributed by atoms with Gasteiger partial charge in [-0.05, 0) is 44.6 Å². The van der Waals surface area contributed by atoms with Gasteiger partial charge < -0.3 is 10.2 Å². The molecule has 1 atom stereocenters. The number of rotatable bonds is 6. The van der Waals surface area contributed by atoms with Gasteiger partial charge in [0.05, 0.1) is 4.90 Å². The zero-order chi connectivity index (χ0) is 15.3. The first-order valence-corrected chi connectivity index (χ1v) is 9.00. The summed E-state index contributed by atoms with van der Waals surface area (Å²) in [6.45, 7) is 5.20. The molecule has 6 heteroatoms. The van der Waals surface area contributed by atoms with E-state index in [2.05, 4.69) is 14.9 Å². The fourth-order valence-corrected chi connectivity index (χ4v) is 4.22. The van der Waals surface area contributed by atoms with Gasteiger partial charge in [0.25, 0.3) is 0 Å². The van der Waals surface area contributed by atoms with Crippen molar-refractivity contribution in [1.29, 1.82) is 0 Å². The Balaban J connectivity index is 2.15. The van der Waals surface area contributed by atoms with E-state index in [1.54, 1.807) is 12.1 Å². The van der Waals surface area contributed by atoms with E-state index >= 15 is 0 Å². The van der Waals surface area contributed by atoms with Crippen LogP contribution in [0, 0.1) is 0 Å². The monoisotopic (exact) mass is 311 g/mol. The largest absolute Gasteiger partial charge is 0.313 e. The zero-order valence-corrected chi connectivity index (χ0v) is 13.6. The van der Waals surface area contributed by atoms with Crippen LogP contribution in [0.3, 0.4) is 0 Å². The van der Waals surface area contributed by atoms with E-state index in [9.17, 15) is 8.42 Å². The molecule has 1 saturated heterocycles. The quantitative estimate of drug-likeness (QED) is 0.828. The van der Waals surface area contributed by atoms with Crippen molar-refractivity contribution >= 4 is 10.0 Å². The number of hydrogen-bond donors (Lipinski definition) is 2. The highest BCUT2D eigenvalue weighted by atomic mass is 32.2. The molecule has 1 aliphatic rings. The topological polar surface area (TPSA) is 61.4 Å². The molecule has 1 fully saturated rings. The molecule has 0 aliphatic carbocycles. The van der Waals surface area contributed by atoms with Gasteiger partial charge in [-0.15, -0.1) is 0 Å². The van der Waals surface area contributed by atoms with E-state index in [0.717, 1.165) is 38.0 Å². The molecule has 2 N–H and O–H groups in total. The minimum atomic E-state index is -3.46. The average Bonchev–Trinajstić information content (AvgIpc) is 2.45. The van der Waals surface area contributed by atoms with Crippen molar-refractivity contribution in [3.05, 3.63) is 29.8 Å². The molecule has 1 heterocycles. The zero-order valence-electron chi connectivity index (χ0n) is 12.8. The fraction of sp³-hybridized carbons (Fsp3) is 0.600. The lowest BCUT2D eigenvalue weighted by molar-refractivity contribution is 0.242. The SMILES string of the molecule is CCNCc1ccccc1S(=O)(=O)NC1CCCN(C)C1. The van der Waals surface area contributed by atoms with Crippen LogP contribution in [0.15, 0.2) is 29.2 Å². The third kappa shape index (κ3) is 4.51. The molecular formula is C15H25N3O2S. The van der Waals surface area contributed by atoms with Gasteiger partial charge in [0.2, 0.25) is 10.0 Å². The third-order valence-electron chi connectivity index (χ3n) is 3.77. The minimum Gasteiger partial charge on any atom is -0.313 e. The predicted octanol–water partition coefficient (Wildman–Crippen LogP) is 1.17. The van der Waals surface area contributed by atoms with Crippen LogP contribution in [0.5, 0.6) is 0 Å². The van der Waals surface area contributed by atoms with Crippen LogP contribution in [0.1, 0.15) is 25.3 Å². The van der Waals surface area contributed by atoms with Crippen molar-refractivity contribution in [2.75, 3.05) is 26.7 Å². The van der Waals surface area contributed by atoms with E-state index in [1.807, 2.05) is 26.1 Å². The molecule has 1 aromatic rings. The molecule has 0 radical (unpaired) electrons. The Hall–Kier alpha value is -0.950. The van der Waals surface area contributed by atoms with Gasteiger partial charge in [0.1, 0.15) is 0 Å². The van der Waals surface area contributed by atoms with E-state index in [-0.39, 0.29) is 6.04 Å². The Labute approximate surface area is 127 Å². The van der Waals surface area contributed by atoms with E-state index in [1.165, 1.54) is 0 Å². The molecule has 0 bridgehead atoms. The number of piperidine rings is 1. The summed E-state index contributed by atoms with van der Waals surface area (Å²) in [6, 6.07) is 7.20. The third-order valence-corrected chi connectivity index (χ3v) is 5.39. The number of hydrogen-bond acceptors (Lipinski definition) is 4. The summed E-state index contributed by atoms with van der Waals surface area (Å²) in [7, 11) is -1.43. The highest BCUT2D eigenvalue weighted by Crippen LogP contribution is 2.17. The summed E-state index contributed by atoms with van der Waals surface area (Å²) in [5.74, 6) is 0. The maximum atomic E-state index is 12.6. The maximum Gasteiger partial charge on any atom is 0.241 e. The Bertz CT molecular complexity index is 560. The average molecular weight is 311 g/mol. The molecule has 1 aromatic carbocycles. The van der Waals surface area contributed by atoms with Crippen LogP contribution >= 0.6 is 0 Å². The maximum absolute atomic E-state index is 12.6. The molecule has 0 amide bonds. The van der Waals surface area contributed by atoms with E-state index in [0.29, 0.717) is 11.4 Å². The highest BCUT2D eigenvalue weighted by Gasteiger charge is 2.25. The molecule has 5 nitrogen and oxygen atoms in total. The first-order valence-electron chi connectivity index (χ1n) is 7.52. The normalized spacial score (nSPS) is 20.6. The van der Waals surface area contributed by atoms with Crippen LogP contribution in [-0.2, 0) is 16.6 Å². The number of likely N-dealkylation sites (N-methyl/N-ethyl adjacent to an activating group) is 1. The summed E-state index contributed by atoms with van der Waals surface area (Å²) in [5, 5.41) is 3.19. The van der Waals surface area contributed by atoms with E-state index < -0.39 is 10.0 Å². The Morgan fingerprint density at radius 1 is 1.33 bits per heavy atom. The van der Waals surface area contributed by atoms with Crippen LogP contribution in [-0.4, -0.2) is 46.0 Å². The predicted molar refractivity (Wildman–Crippen MR) is 84.7 cm³/mol. The molecule has 0 saturated carbocycles. The van der Waals surface area contributed by atoms with Gasteiger partial charge in [-0.1, -0.05) is 25.1 Å². The van der Waals surface area contributed by atoms with Crippen molar-refractivity contribution in [2.24, 2.45) is 0 Å². The van der Waals surface area contributed by atoms with Crippen molar-refractivity contribution < 1.29 is 8.42 Å². The number of likely N-dealkylation sites (tertiary alicyclic amines) is 1. The van der Waals surface area contributed by atoms with E-state index in [4.69, 9.17) is 0 Å². The lowest BCUT2D eigenvalue weighted by Gasteiger charge is -2.30. The Morgan fingerprint density at radius 3 is 2.81 bits per heavy atom. The van der Waals surface area contributed by atoms with Gasteiger partial charge in [-0.3, -0.25) is 0 Å². The summed E-state index contributed by atoms with van der Waals surface area (Å²) < 4.78 is 28.1. The van der Waals surface area contributed by atoms with Crippen molar-refractivity contribution in [1.82, 2.24) is 14.9 Å². The van der Waals surface area contributed by atoms with Gasteiger partial charge in [0, 0.05) is 19.1 Å². The molecule has 0 spiro atoms. The van der Waals surface area contributed by atoms with Crippen LogP contribution in [0.4, 0.5) is 0 Å².